The maximum atomic E-state index is 13.7. The van der Waals surface area contributed by atoms with Gasteiger partial charge in [0.15, 0.2) is 11.4 Å². The van der Waals surface area contributed by atoms with Crippen molar-refractivity contribution >= 4 is 28.9 Å². The third kappa shape index (κ3) is 3.75. The molecule has 10 nitrogen and oxygen atoms in total. The van der Waals surface area contributed by atoms with Crippen LogP contribution in [-0.2, 0) is 27.3 Å². The molecule has 194 valence electrons. The fourth-order valence-corrected chi connectivity index (χ4v) is 5.62. The molecule has 0 unspecified atom stereocenters. The molecule has 4 rings (SSSR count). The molecule has 1 saturated carbocycles. The molecule has 0 radical (unpaired) electrons. The molecule has 36 heavy (non-hydrogen) atoms. The number of ketones is 2. The number of benzene rings is 1. The second-order valence-corrected chi connectivity index (χ2v) is 11.2. The lowest BCUT2D eigenvalue weighted by Crippen LogP contribution is -2.58. The molecule has 0 saturated heterocycles. The molecular formula is C26H33N3O7. The van der Waals surface area contributed by atoms with Gasteiger partial charge in [-0.1, -0.05) is 0 Å². The molecule has 0 aromatic heterocycles. The topological polar surface area (TPSA) is 173 Å². The first-order chi connectivity index (χ1) is 16.6. The lowest BCUT2D eigenvalue weighted by atomic mass is 9.59. The van der Waals surface area contributed by atoms with Crippen LogP contribution < -0.4 is 16.0 Å². The summed E-state index contributed by atoms with van der Waals surface area (Å²) in [4.78, 5) is 39.8. The van der Waals surface area contributed by atoms with E-state index in [9.17, 15) is 34.8 Å². The van der Waals surface area contributed by atoms with Gasteiger partial charge in [-0.3, -0.25) is 14.4 Å². The van der Waals surface area contributed by atoms with Gasteiger partial charge in [0, 0.05) is 55.3 Å². The number of primary amides is 1. The van der Waals surface area contributed by atoms with Crippen molar-refractivity contribution in [1.29, 1.82) is 0 Å². The first-order valence-electron chi connectivity index (χ1n) is 11.9. The van der Waals surface area contributed by atoms with E-state index in [1.807, 2.05) is 45.8 Å². The number of fused-ring (bicyclic) bond motifs is 3. The summed E-state index contributed by atoms with van der Waals surface area (Å²) >= 11 is 0. The van der Waals surface area contributed by atoms with Gasteiger partial charge in [-0.2, -0.15) is 0 Å². The number of nitrogens with two attached hydrogens (primary N) is 1. The minimum Gasteiger partial charge on any atom is -0.508 e. The number of hydrogen-bond acceptors (Lipinski definition) is 9. The number of carbonyl (C=O) groups excluding carboxylic acids is 3. The van der Waals surface area contributed by atoms with Crippen molar-refractivity contribution in [2.24, 2.45) is 17.6 Å². The van der Waals surface area contributed by atoms with Crippen LogP contribution in [0.1, 0.15) is 50.3 Å². The van der Waals surface area contributed by atoms with Crippen LogP contribution in [0.5, 0.6) is 5.75 Å². The summed E-state index contributed by atoms with van der Waals surface area (Å²) in [6.07, 6.45) is 0.0253. The largest absolute Gasteiger partial charge is 0.508 e. The Hall–Kier alpha value is -3.37. The molecule has 0 aliphatic heterocycles. The number of Topliss-reactive ketones (excluding diaryl/α,β-unsaturated/α-hetero) is 2. The van der Waals surface area contributed by atoms with E-state index in [-0.39, 0.29) is 41.7 Å². The van der Waals surface area contributed by atoms with E-state index in [1.165, 1.54) is 0 Å². The van der Waals surface area contributed by atoms with E-state index in [1.54, 1.807) is 0 Å². The van der Waals surface area contributed by atoms with Crippen LogP contribution in [0.25, 0.3) is 5.76 Å². The van der Waals surface area contributed by atoms with Gasteiger partial charge >= 0.3 is 0 Å². The summed E-state index contributed by atoms with van der Waals surface area (Å²) in [5.74, 6) is -6.28. The number of rotatable bonds is 4. The van der Waals surface area contributed by atoms with Gasteiger partial charge in [0.05, 0.1) is 5.56 Å². The number of anilines is 1. The number of amides is 1. The molecule has 3 aliphatic rings. The van der Waals surface area contributed by atoms with Gasteiger partial charge in [-0.25, -0.2) is 0 Å². The van der Waals surface area contributed by atoms with Gasteiger partial charge in [0.2, 0.25) is 5.78 Å². The molecule has 0 heterocycles. The summed E-state index contributed by atoms with van der Waals surface area (Å²) in [6.45, 7) is 6.23. The Kier molecular flexibility index (Phi) is 5.96. The third-order valence-corrected chi connectivity index (χ3v) is 7.41. The highest BCUT2D eigenvalue weighted by Gasteiger charge is 2.60. The fourth-order valence-electron chi connectivity index (χ4n) is 5.62. The summed E-state index contributed by atoms with van der Waals surface area (Å²) < 4.78 is 0. The molecule has 3 atom stereocenters. The Morgan fingerprint density at radius 1 is 1.19 bits per heavy atom. The Bertz CT molecular complexity index is 1250. The monoisotopic (exact) mass is 499 g/mol. The molecule has 1 fully saturated rings. The van der Waals surface area contributed by atoms with E-state index in [0.717, 1.165) is 5.69 Å². The lowest BCUT2D eigenvalue weighted by Gasteiger charge is -2.46. The zero-order valence-electron chi connectivity index (χ0n) is 21.1. The molecule has 3 aliphatic carbocycles. The molecule has 0 bridgehead atoms. The molecule has 0 spiro atoms. The van der Waals surface area contributed by atoms with Crippen LogP contribution in [-0.4, -0.2) is 63.1 Å². The Balaban J connectivity index is 1.91. The number of nitrogens with zero attached hydrogens (tertiary/aromatic N) is 1. The number of aliphatic hydroxyl groups excluding tert-OH is 2. The maximum absolute atomic E-state index is 13.7. The predicted molar refractivity (Wildman–Crippen MR) is 132 cm³/mol. The summed E-state index contributed by atoms with van der Waals surface area (Å²) in [6, 6.07) is 1.84. The van der Waals surface area contributed by atoms with Crippen LogP contribution in [0, 0.1) is 11.8 Å². The average Bonchev–Trinajstić information content (AvgIpc) is 2.74. The van der Waals surface area contributed by atoms with Crippen molar-refractivity contribution in [1.82, 2.24) is 5.32 Å². The number of aliphatic hydroxyl groups is 3. The second kappa shape index (κ2) is 8.35. The highest BCUT2D eigenvalue weighted by atomic mass is 16.3. The quantitative estimate of drug-likeness (QED) is 0.335. The maximum Gasteiger partial charge on any atom is 0.255 e. The van der Waals surface area contributed by atoms with E-state index in [2.05, 4.69) is 5.32 Å². The highest BCUT2D eigenvalue weighted by molar-refractivity contribution is 6.22. The van der Waals surface area contributed by atoms with E-state index in [4.69, 9.17) is 5.73 Å². The van der Waals surface area contributed by atoms with Crippen LogP contribution in [0.2, 0.25) is 0 Å². The van der Waals surface area contributed by atoms with Crippen molar-refractivity contribution in [3.05, 3.63) is 39.7 Å². The number of aromatic hydroxyl groups is 1. The SMILES string of the molecule is CN(C)c1cc(CNC(C)(C)C)c(O)c2c1C[C@H]1C[C@H]3CC(=O)C(C(N)=O)=C(O)[C@@]3(O)C(=O)C1=C2O. The summed E-state index contributed by atoms with van der Waals surface area (Å²) in [5, 5.41) is 47.9. The number of carbonyl (C=O) groups is 3. The van der Waals surface area contributed by atoms with E-state index >= 15 is 0 Å². The molecule has 7 N–H and O–H groups in total. The van der Waals surface area contributed by atoms with Crippen LogP contribution >= 0.6 is 0 Å². The summed E-state index contributed by atoms with van der Waals surface area (Å²) in [7, 11) is 3.67. The first kappa shape index (κ1) is 25.7. The van der Waals surface area contributed by atoms with Crippen molar-refractivity contribution < 1.29 is 34.8 Å². The number of nitrogens with one attached hydrogen (secondary N) is 1. The summed E-state index contributed by atoms with van der Waals surface area (Å²) in [5.41, 5.74) is 3.48. The van der Waals surface area contributed by atoms with Crippen molar-refractivity contribution in [3.8, 4) is 5.75 Å². The Morgan fingerprint density at radius 3 is 2.39 bits per heavy atom. The minimum atomic E-state index is -2.57. The number of phenolic OH excluding ortho intramolecular Hbond substituents is 1. The molecule has 1 aromatic carbocycles. The fraction of sp³-hybridized carbons (Fsp3) is 0.500. The van der Waals surface area contributed by atoms with Crippen LogP contribution in [0.3, 0.4) is 0 Å². The van der Waals surface area contributed by atoms with E-state index < -0.39 is 52.0 Å². The van der Waals surface area contributed by atoms with Crippen molar-refractivity contribution in [2.75, 3.05) is 19.0 Å². The van der Waals surface area contributed by atoms with Crippen molar-refractivity contribution in [3.63, 3.8) is 0 Å². The smallest absolute Gasteiger partial charge is 0.255 e. The highest BCUT2D eigenvalue weighted by Crippen LogP contribution is 2.53. The van der Waals surface area contributed by atoms with Crippen LogP contribution in [0.4, 0.5) is 5.69 Å². The first-order valence-corrected chi connectivity index (χ1v) is 11.9. The molecular weight excluding hydrogens is 466 g/mol. The van der Waals surface area contributed by atoms with Gasteiger partial charge in [-0.15, -0.1) is 0 Å². The Morgan fingerprint density at radius 2 is 1.83 bits per heavy atom. The number of phenols is 1. The predicted octanol–water partition coefficient (Wildman–Crippen LogP) is 1.38. The van der Waals surface area contributed by atoms with Crippen molar-refractivity contribution in [2.45, 2.75) is 57.7 Å². The van der Waals surface area contributed by atoms with Gasteiger partial charge in [0.25, 0.3) is 5.91 Å². The Labute approximate surface area is 209 Å². The number of hydrogen-bond donors (Lipinski definition) is 6. The van der Waals surface area contributed by atoms with Gasteiger partial charge in [-0.05, 0) is 51.2 Å². The van der Waals surface area contributed by atoms with Gasteiger partial charge < -0.3 is 36.4 Å². The zero-order chi connectivity index (χ0) is 26.9. The molecule has 1 amide bonds. The minimum absolute atomic E-state index is 0.0963. The molecule has 1 aromatic rings. The standard InChI is InChI=1S/C26H33N3O7/c1-25(2,3)28-10-12-8-15(29(4)5)14-7-11-6-13-9-16(30)19(24(27)35)23(34)26(13,36)22(33)17(11)21(32)18(14)20(12)31/h8,11,13,28,31-32,34,36H,6-7,9-10H2,1-5H3,(H2,27,35)/t11-,13+,26+/m1/s1. The van der Waals surface area contributed by atoms with E-state index in [0.29, 0.717) is 17.7 Å². The third-order valence-electron chi connectivity index (χ3n) is 7.41. The van der Waals surface area contributed by atoms with Crippen LogP contribution in [0.15, 0.2) is 23.0 Å². The zero-order valence-corrected chi connectivity index (χ0v) is 21.1. The molecule has 10 heteroatoms. The lowest BCUT2D eigenvalue weighted by molar-refractivity contribution is -0.147. The normalized spacial score (nSPS) is 25.9. The average molecular weight is 500 g/mol. The second-order valence-electron chi connectivity index (χ2n) is 11.2. The van der Waals surface area contributed by atoms with Gasteiger partial charge in [0.1, 0.15) is 22.8 Å².